The molecule has 3 aromatic heterocycles. The third-order valence-corrected chi connectivity index (χ3v) is 5.87. The molecule has 1 unspecified atom stereocenters. The molecule has 4 aromatic rings. The summed E-state index contributed by atoms with van der Waals surface area (Å²) in [6.45, 7) is 3.65. The van der Waals surface area contributed by atoms with Gasteiger partial charge in [-0.15, -0.1) is 0 Å². The van der Waals surface area contributed by atoms with Crippen LogP contribution in [0, 0.1) is 5.92 Å². The number of para-hydroxylation sites is 1. The summed E-state index contributed by atoms with van der Waals surface area (Å²) < 4.78 is 1.90. The molecular formula is C23H23N5O2. The van der Waals surface area contributed by atoms with Gasteiger partial charge in [0, 0.05) is 54.0 Å². The van der Waals surface area contributed by atoms with E-state index in [1.807, 2.05) is 35.1 Å². The third-order valence-electron chi connectivity index (χ3n) is 5.87. The summed E-state index contributed by atoms with van der Waals surface area (Å²) in [7, 11) is 0. The highest BCUT2D eigenvalue weighted by Gasteiger charge is 2.26. The second-order valence-electron chi connectivity index (χ2n) is 7.87. The fraction of sp³-hybridized carbons (Fsp3) is 0.304. The topological polar surface area (TPSA) is 83.6 Å². The minimum absolute atomic E-state index is 0.166. The summed E-state index contributed by atoms with van der Waals surface area (Å²) in [6.07, 6.45) is 5.64. The number of nitrogens with zero attached hydrogens (tertiary/aromatic N) is 5. The number of aliphatic carboxylic acids is 1. The van der Waals surface area contributed by atoms with Gasteiger partial charge in [-0.3, -0.25) is 9.78 Å². The van der Waals surface area contributed by atoms with Gasteiger partial charge in [-0.2, -0.15) is 5.10 Å². The third kappa shape index (κ3) is 3.26. The largest absolute Gasteiger partial charge is 0.481 e. The number of pyridine rings is 1. The van der Waals surface area contributed by atoms with Gasteiger partial charge in [-0.05, 0) is 30.9 Å². The number of hydrogen-bond donors (Lipinski definition) is 1. The fourth-order valence-electron chi connectivity index (χ4n) is 4.30. The zero-order chi connectivity index (χ0) is 20.7. The standard InChI is InChI=1S/C23H23N5O2/c1-2-18-11-21(27-8-7-15(14-27)9-22(29)30)26-23-19(13-25-28(18)23)17-10-16-5-3-4-6-20(16)24-12-17/h3-6,10-13,15H,2,7-9,14H2,1H3,(H,29,30). The van der Waals surface area contributed by atoms with E-state index >= 15 is 0 Å². The molecule has 5 rings (SSSR count). The Labute approximate surface area is 174 Å². The van der Waals surface area contributed by atoms with E-state index in [4.69, 9.17) is 10.1 Å². The van der Waals surface area contributed by atoms with Crippen LogP contribution in [0.2, 0.25) is 0 Å². The molecular weight excluding hydrogens is 378 g/mol. The molecule has 30 heavy (non-hydrogen) atoms. The molecule has 0 aliphatic carbocycles. The molecule has 1 aliphatic rings. The number of carboxylic acids is 1. The van der Waals surface area contributed by atoms with Crippen LogP contribution in [0.15, 0.2) is 48.8 Å². The summed E-state index contributed by atoms with van der Waals surface area (Å²) >= 11 is 0. The van der Waals surface area contributed by atoms with Crippen LogP contribution in [-0.2, 0) is 11.2 Å². The minimum atomic E-state index is -0.735. The molecule has 0 saturated carbocycles. The zero-order valence-electron chi connectivity index (χ0n) is 16.8. The Hall–Kier alpha value is -3.48. The van der Waals surface area contributed by atoms with Crippen molar-refractivity contribution in [3.63, 3.8) is 0 Å². The minimum Gasteiger partial charge on any atom is -0.481 e. The Morgan fingerprint density at radius 3 is 2.93 bits per heavy atom. The second kappa shape index (κ2) is 7.40. The molecule has 1 fully saturated rings. The number of anilines is 1. The van der Waals surface area contributed by atoms with Crippen LogP contribution >= 0.6 is 0 Å². The number of aryl methyl sites for hydroxylation is 1. The van der Waals surface area contributed by atoms with Crippen molar-refractivity contribution in [2.75, 3.05) is 18.0 Å². The molecule has 0 bridgehead atoms. The van der Waals surface area contributed by atoms with Gasteiger partial charge in [-0.1, -0.05) is 25.1 Å². The molecule has 0 radical (unpaired) electrons. The SMILES string of the molecule is CCc1cc(N2CCC(CC(=O)O)C2)nc2c(-c3cnc4ccccc4c3)cnn12. The summed E-state index contributed by atoms with van der Waals surface area (Å²) in [4.78, 5) is 22.8. The monoisotopic (exact) mass is 401 g/mol. The van der Waals surface area contributed by atoms with Crippen LogP contribution in [0.3, 0.4) is 0 Å². The van der Waals surface area contributed by atoms with E-state index in [1.165, 1.54) is 0 Å². The number of hydrogen-bond acceptors (Lipinski definition) is 5. The maximum atomic E-state index is 11.1. The van der Waals surface area contributed by atoms with Crippen molar-refractivity contribution in [2.45, 2.75) is 26.2 Å². The zero-order valence-corrected chi connectivity index (χ0v) is 16.8. The maximum absolute atomic E-state index is 11.1. The van der Waals surface area contributed by atoms with Crippen molar-refractivity contribution in [1.29, 1.82) is 0 Å². The van der Waals surface area contributed by atoms with Crippen LogP contribution < -0.4 is 4.90 Å². The Balaban J connectivity index is 1.57. The van der Waals surface area contributed by atoms with Crippen molar-refractivity contribution < 1.29 is 9.90 Å². The number of rotatable bonds is 5. The van der Waals surface area contributed by atoms with E-state index in [0.29, 0.717) is 0 Å². The lowest BCUT2D eigenvalue weighted by molar-refractivity contribution is -0.137. The summed E-state index contributed by atoms with van der Waals surface area (Å²) in [5, 5.41) is 14.8. The number of carboxylic acid groups (broad SMARTS) is 1. The van der Waals surface area contributed by atoms with Gasteiger partial charge in [0.05, 0.1) is 11.7 Å². The van der Waals surface area contributed by atoms with Gasteiger partial charge in [0.25, 0.3) is 0 Å². The number of aromatic nitrogens is 4. The molecule has 1 atom stereocenters. The molecule has 4 heterocycles. The molecule has 7 nitrogen and oxygen atoms in total. The fourth-order valence-corrected chi connectivity index (χ4v) is 4.30. The molecule has 0 spiro atoms. The van der Waals surface area contributed by atoms with Gasteiger partial charge >= 0.3 is 5.97 Å². The molecule has 1 saturated heterocycles. The highest BCUT2D eigenvalue weighted by molar-refractivity contribution is 5.87. The van der Waals surface area contributed by atoms with Crippen LogP contribution in [-0.4, -0.2) is 43.7 Å². The van der Waals surface area contributed by atoms with Crippen molar-refractivity contribution in [1.82, 2.24) is 19.6 Å². The first-order chi connectivity index (χ1) is 14.6. The second-order valence-corrected chi connectivity index (χ2v) is 7.87. The van der Waals surface area contributed by atoms with E-state index < -0.39 is 5.97 Å². The Morgan fingerprint density at radius 1 is 1.23 bits per heavy atom. The average molecular weight is 401 g/mol. The quantitative estimate of drug-likeness (QED) is 0.548. The maximum Gasteiger partial charge on any atom is 0.303 e. The van der Waals surface area contributed by atoms with Crippen molar-refractivity contribution >= 4 is 28.3 Å². The van der Waals surface area contributed by atoms with Crippen LogP contribution in [0.1, 0.15) is 25.5 Å². The number of carbonyl (C=O) groups is 1. The van der Waals surface area contributed by atoms with Gasteiger partial charge < -0.3 is 10.0 Å². The van der Waals surface area contributed by atoms with Crippen molar-refractivity contribution in [2.24, 2.45) is 5.92 Å². The van der Waals surface area contributed by atoms with E-state index in [2.05, 4.69) is 40.1 Å². The van der Waals surface area contributed by atoms with Gasteiger partial charge in [0.15, 0.2) is 5.65 Å². The summed E-state index contributed by atoms with van der Waals surface area (Å²) in [5.74, 6) is 0.323. The Morgan fingerprint density at radius 2 is 2.10 bits per heavy atom. The molecule has 1 N–H and O–H groups in total. The highest BCUT2D eigenvalue weighted by atomic mass is 16.4. The Bertz CT molecular complexity index is 1250. The predicted molar refractivity (Wildman–Crippen MR) is 116 cm³/mol. The van der Waals surface area contributed by atoms with E-state index in [-0.39, 0.29) is 12.3 Å². The van der Waals surface area contributed by atoms with Gasteiger partial charge in [0.1, 0.15) is 5.82 Å². The average Bonchev–Trinajstić information content (AvgIpc) is 3.39. The lowest BCUT2D eigenvalue weighted by atomic mass is 10.1. The van der Waals surface area contributed by atoms with Gasteiger partial charge in [0.2, 0.25) is 0 Å². The molecule has 7 heteroatoms. The van der Waals surface area contributed by atoms with Crippen molar-refractivity contribution in [3.05, 3.63) is 54.5 Å². The van der Waals surface area contributed by atoms with E-state index in [1.54, 1.807) is 0 Å². The van der Waals surface area contributed by atoms with Crippen LogP contribution in [0.4, 0.5) is 5.82 Å². The number of fused-ring (bicyclic) bond motifs is 2. The molecule has 152 valence electrons. The van der Waals surface area contributed by atoms with Gasteiger partial charge in [-0.25, -0.2) is 9.50 Å². The van der Waals surface area contributed by atoms with E-state index in [0.717, 1.165) is 65.1 Å². The lowest BCUT2D eigenvalue weighted by Crippen LogP contribution is -2.22. The summed E-state index contributed by atoms with van der Waals surface area (Å²) in [5.41, 5.74) is 4.79. The highest BCUT2D eigenvalue weighted by Crippen LogP contribution is 2.30. The predicted octanol–water partition coefficient (Wildman–Crippen LogP) is 3.81. The van der Waals surface area contributed by atoms with Crippen molar-refractivity contribution in [3.8, 4) is 11.1 Å². The lowest BCUT2D eigenvalue weighted by Gasteiger charge is -2.19. The first-order valence-corrected chi connectivity index (χ1v) is 10.3. The smallest absolute Gasteiger partial charge is 0.303 e. The molecule has 1 aliphatic heterocycles. The molecule has 0 amide bonds. The summed E-state index contributed by atoms with van der Waals surface area (Å²) in [6, 6.07) is 12.3. The van der Waals surface area contributed by atoms with Crippen LogP contribution in [0.25, 0.3) is 27.7 Å². The van der Waals surface area contributed by atoms with E-state index in [9.17, 15) is 4.79 Å². The normalized spacial score (nSPS) is 16.6. The van der Waals surface area contributed by atoms with Crippen LogP contribution in [0.5, 0.6) is 0 Å². The number of benzene rings is 1. The first kappa shape index (κ1) is 18.5. The molecule has 1 aromatic carbocycles. The first-order valence-electron chi connectivity index (χ1n) is 10.3. The Kier molecular flexibility index (Phi) is 4.58.